The summed E-state index contributed by atoms with van der Waals surface area (Å²) in [5.74, 6) is 0.450. The molecule has 0 aliphatic carbocycles. The van der Waals surface area contributed by atoms with Gasteiger partial charge in [0.25, 0.3) is 0 Å². The molecule has 3 amide bonds. The Hall–Kier alpha value is -1.14. The number of imide groups is 1. The number of piperidine rings is 1. The van der Waals surface area contributed by atoms with Crippen molar-refractivity contribution in [2.75, 3.05) is 45.8 Å². The minimum atomic E-state index is -0.393. The third-order valence-corrected chi connectivity index (χ3v) is 4.78. The van der Waals surface area contributed by atoms with Gasteiger partial charge in [0.2, 0.25) is 5.91 Å². The summed E-state index contributed by atoms with van der Waals surface area (Å²) >= 11 is 0. The van der Waals surface area contributed by atoms with Gasteiger partial charge in [0, 0.05) is 19.6 Å². The summed E-state index contributed by atoms with van der Waals surface area (Å²) in [5.41, 5.74) is 0. The van der Waals surface area contributed by atoms with E-state index in [-0.39, 0.29) is 5.91 Å². The Morgan fingerprint density at radius 3 is 2.39 bits per heavy atom. The van der Waals surface area contributed by atoms with Crippen LogP contribution in [0.3, 0.4) is 0 Å². The maximum atomic E-state index is 11.9. The molecule has 2 aliphatic rings. The van der Waals surface area contributed by atoms with Gasteiger partial charge >= 0.3 is 6.03 Å². The van der Waals surface area contributed by atoms with Crippen LogP contribution in [-0.4, -0.2) is 67.6 Å². The Morgan fingerprint density at radius 1 is 1.00 bits per heavy atom. The van der Waals surface area contributed by atoms with Crippen molar-refractivity contribution in [3.05, 3.63) is 0 Å². The molecule has 6 nitrogen and oxygen atoms in total. The van der Waals surface area contributed by atoms with Gasteiger partial charge in [-0.3, -0.25) is 15.0 Å². The summed E-state index contributed by atoms with van der Waals surface area (Å²) in [6, 6.07) is -0.393. The van der Waals surface area contributed by atoms with E-state index in [9.17, 15) is 9.59 Å². The fourth-order valence-electron chi connectivity index (χ4n) is 3.70. The minimum Gasteiger partial charge on any atom is -0.338 e. The number of rotatable bonds is 5. The molecule has 2 N–H and O–H groups in total. The fraction of sp³-hybridized carbons (Fsp3) is 0.882. The first-order valence-corrected chi connectivity index (χ1v) is 9.19. The number of urea groups is 1. The summed E-state index contributed by atoms with van der Waals surface area (Å²) in [7, 11) is 0. The maximum absolute atomic E-state index is 11.9. The van der Waals surface area contributed by atoms with Crippen molar-refractivity contribution in [2.45, 2.75) is 45.4 Å². The van der Waals surface area contributed by atoms with Crippen molar-refractivity contribution in [1.29, 1.82) is 0 Å². The van der Waals surface area contributed by atoms with Gasteiger partial charge < -0.3 is 10.2 Å². The lowest BCUT2D eigenvalue weighted by Gasteiger charge is -2.35. The van der Waals surface area contributed by atoms with E-state index in [4.69, 9.17) is 0 Å². The second-order valence-corrected chi connectivity index (χ2v) is 6.87. The fourth-order valence-corrected chi connectivity index (χ4v) is 3.70. The molecule has 23 heavy (non-hydrogen) atoms. The summed E-state index contributed by atoms with van der Waals surface area (Å²) < 4.78 is 0. The Morgan fingerprint density at radius 2 is 1.70 bits per heavy atom. The van der Waals surface area contributed by atoms with E-state index in [0.717, 1.165) is 26.1 Å². The first kappa shape index (κ1) is 18.2. The molecule has 0 aromatic rings. The molecule has 2 aliphatic heterocycles. The molecule has 0 aromatic heterocycles. The molecule has 6 heteroatoms. The lowest BCUT2D eigenvalue weighted by atomic mass is 9.97. The molecule has 1 atom stereocenters. The van der Waals surface area contributed by atoms with Crippen molar-refractivity contribution < 1.29 is 9.59 Å². The summed E-state index contributed by atoms with van der Waals surface area (Å²) in [6.45, 7) is 8.24. The van der Waals surface area contributed by atoms with Crippen molar-refractivity contribution in [1.82, 2.24) is 20.4 Å². The predicted molar refractivity (Wildman–Crippen MR) is 91.3 cm³/mol. The van der Waals surface area contributed by atoms with Crippen LogP contribution in [0.4, 0.5) is 4.79 Å². The Kier molecular flexibility index (Phi) is 7.82. The van der Waals surface area contributed by atoms with Gasteiger partial charge in [0.1, 0.15) is 0 Å². The van der Waals surface area contributed by atoms with Gasteiger partial charge in [-0.05, 0) is 58.2 Å². The SMILES string of the molecule is CCNC(=O)NC(=O)CN1CCC[C@H](CN2CCCCCC2)C1. The maximum Gasteiger partial charge on any atom is 0.321 e. The molecule has 0 aromatic carbocycles. The zero-order valence-corrected chi connectivity index (χ0v) is 14.5. The van der Waals surface area contributed by atoms with Crippen molar-refractivity contribution in [3.63, 3.8) is 0 Å². The zero-order chi connectivity index (χ0) is 16.5. The average molecular weight is 324 g/mol. The highest BCUT2D eigenvalue weighted by molar-refractivity contribution is 5.95. The molecule has 0 bridgehead atoms. The Bertz CT molecular complexity index is 381. The van der Waals surface area contributed by atoms with Crippen LogP contribution in [0, 0.1) is 5.92 Å². The van der Waals surface area contributed by atoms with E-state index in [1.807, 2.05) is 6.92 Å². The second kappa shape index (κ2) is 9.88. The Labute approximate surface area is 140 Å². The molecular formula is C17H32N4O2. The van der Waals surface area contributed by atoms with Crippen LogP contribution in [-0.2, 0) is 4.79 Å². The van der Waals surface area contributed by atoms with E-state index in [1.54, 1.807) is 0 Å². The number of carbonyl (C=O) groups excluding carboxylic acids is 2. The molecule has 0 saturated carbocycles. The van der Waals surface area contributed by atoms with Crippen LogP contribution in [0.1, 0.15) is 45.4 Å². The number of hydrogen-bond acceptors (Lipinski definition) is 4. The van der Waals surface area contributed by atoms with E-state index in [1.165, 1.54) is 45.2 Å². The minimum absolute atomic E-state index is 0.202. The molecule has 132 valence electrons. The summed E-state index contributed by atoms with van der Waals surface area (Å²) in [5, 5.41) is 4.98. The van der Waals surface area contributed by atoms with E-state index in [0.29, 0.717) is 19.0 Å². The quantitative estimate of drug-likeness (QED) is 0.803. The van der Waals surface area contributed by atoms with Crippen LogP contribution in [0.15, 0.2) is 0 Å². The highest BCUT2D eigenvalue weighted by Gasteiger charge is 2.24. The van der Waals surface area contributed by atoms with Gasteiger partial charge in [-0.25, -0.2) is 4.79 Å². The summed E-state index contributed by atoms with van der Waals surface area (Å²) in [4.78, 5) is 28.1. The van der Waals surface area contributed by atoms with Crippen LogP contribution < -0.4 is 10.6 Å². The van der Waals surface area contributed by atoms with Crippen LogP contribution >= 0.6 is 0 Å². The topological polar surface area (TPSA) is 64.7 Å². The molecule has 0 unspecified atom stereocenters. The third-order valence-electron chi connectivity index (χ3n) is 4.78. The zero-order valence-electron chi connectivity index (χ0n) is 14.5. The molecule has 2 fully saturated rings. The van der Waals surface area contributed by atoms with Crippen molar-refractivity contribution in [3.8, 4) is 0 Å². The van der Waals surface area contributed by atoms with E-state index >= 15 is 0 Å². The first-order valence-electron chi connectivity index (χ1n) is 9.19. The number of carbonyl (C=O) groups is 2. The van der Waals surface area contributed by atoms with Gasteiger partial charge in [-0.15, -0.1) is 0 Å². The van der Waals surface area contributed by atoms with Crippen molar-refractivity contribution >= 4 is 11.9 Å². The number of amides is 3. The molecule has 2 rings (SSSR count). The molecular weight excluding hydrogens is 292 g/mol. The average Bonchev–Trinajstić information content (AvgIpc) is 2.76. The van der Waals surface area contributed by atoms with Gasteiger partial charge in [-0.2, -0.15) is 0 Å². The Balaban J connectivity index is 1.72. The molecule has 0 spiro atoms. The standard InChI is InChI=1S/C17H32N4O2/c1-2-18-17(23)19-16(22)14-21-11-7-8-15(13-21)12-20-9-5-3-4-6-10-20/h15H,2-14H2,1H3,(H2,18,19,22,23)/t15-/m1/s1. The number of hydrogen-bond donors (Lipinski definition) is 2. The summed E-state index contributed by atoms with van der Waals surface area (Å²) in [6.07, 6.45) is 7.79. The first-order chi connectivity index (χ1) is 11.2. The normalized spacial score (nSPS) is 24.0. The third kappa shape index (κ3) is 6.87. The van der Waals surface area contributed by atoms with Crippen LogP contribution in [0.25, 0.3) is 0 Å². The molecule has 0 radical (unpaired) electrons. The highest BCUT2D eigenvalue weighted by Crippen LogP contribution is 2.19. The van der Waals surface area contributed by atoms with Crippen molar-refractivity contribution in [2.24, 2.45) is 5.92 Å². The van der Waals surface area contributed by atoms with E-state index in [2.05, 4.69) is 20.4 Å². The number of nitrogens with zero attached hydrogens (tertiary/aromatic N) is 2. The highest BCUT2D eigenvalue weighted by atomic mass is 16.2. The lowest BCUT2D eigenvalue weighted by molar-refractivity contribution is -0.121. The van der Waals surface area contributed by atoms with Gasteiger partial charge in [-0.1, -0.05) is 12.8 Å². The number of likely N-dealkylation sites (tertiary alicyclic amines) is 2. The number of nitrogens with one attached hydrogen (secondary N) is 2. The molecule has 2 saturated heterocycles. The predicted octanol–water partition coefficient (Wildman–Crippen LogP) is 1.42. The van der Waals surface area contributed by atoms with Crippen LogP contribution in [0.2, 0.25) is 0 Å². The smallest absolute Gasteiger partial charge is 0.321 e. The van der Waals surface area contributed by atoms with Gasteiger partial charge in [0.05, 0.1) is 6.54 Å². The monoisotopic (exact) mass is 324 g/mol. The molecule has 2 heterocycles. The van der Waals surface area contributed by atoms with E-state index < -0.39 is 6.03 Å². The van der Waals surface area contributed by atoms with Crippen LogP contribution in [0.5, 0.6) is 0 Å². The second-order valence-electron chi connectivity index (χ2n) is 6.87. The lowest BCUT2D eigenvalue weighted by Crippen LogP contribution is -2.48. The van der Waals surface area contributed by atoms with Gasteiger partial charge in [0.15, 0.2) is 0 Å². The largest absolute Gasteiger partial charge is 0.338 e.